The summed E-state index contributed by atoms with van der Waals surface area (Å²) in [4.78, 5) is 140. The number of halogens is 2. The highest BCUT2D eigenvalue weighted by Crippen LogP contribution is 2.41. The Balaban J connectivity index is 1.54. The third-order valence-corrected chi connectivity index (χ3v) is 12.4. The molecule has 8 N–H and O–H groups in total. The minimum Gasteiger partial charge on any atom is -0.481 e. The van der Waals surface area contributed by atoms with Crippen molar-refractivity contribution in [1.82, 2.24) is 41.0 Å². The molecular formula is C50H60F2N8O14S. The van der Waals surface area contributed by atoms with E-state index in [0.29, 0.717) is 16.2 Å². The molecule has 5 atom stereocenters. The van der Waals surface area contributed by atoms with Gasteiger partial charge in [0.25, 0.3) is 11.8 Å². The molecule has 0 unspecified atom stereocenters. The molecule has 2 heterocycles. The molecule has 1 aliphatic heterocycles. The second kappa shape index (κ2) is 27.4. The van der Waals surface area contributed by atoms with Gasteiger partial charge in [-0.3, -0.25) is 52.8 Å². The van der Waals surface area contributed by atoms with Crippen LogP contribution in [0.15, 0.2) is 72.9 Å². The fourth-order valence-electron chi connectivity index (χ4n) is 7.81. The highest BCUT2D eigenvalue weighted by Gasteiger charge is 2.38. The number of carboxylic acid groups (broad SMARTS) is 3. The molecule has 0 spiro atoms. The van der Waals surface area contributed by atoms with Crippen molar-refractivity contribution < 1.29 is 76.8 Å². The van der Waals surface area contributed by atoms with Gasteiger partial charge in [0.1, 0.15) is 42.3 Å². The van der Waals surface area contributed by atoms with Crippen molar-refractivity contribution in [3.05, 3.63) is 95.8 Å². The number of hydrogen-bond acceptors (Lipinski definition) is 12. The molecule has 75 heavy (non-hydrogen) atoms. The largest absolute Gasteiger partial charge is 0.481 e. The number of aliphatic carboxylic acids is 3. The molecule has 1 aliphatic rings. The molecule has 8 amide bonds. The third-order valence-electron chi connectivity index (χ3n) is 11.4. The van der Waals surface area contributed by atoms with Crippen LogP contribution >= 0.6 is 11.8 Å². The Bertz CT molecular complexity index is 2660. The van der Waals surface area contributed by atoms with Crippen molar-refractivity contribution in [1.29, 1.82) is 0 Å². The Morgan fingerprint density at radius 1 is 0.747 bits per heavy atom. The van der Waals surface area contributed by atoms with Gasteiger partial charge in [-0.25, -0.2) is 13.6 Å². The molecule has 0 saturated carbocycles. The van der Waals surface area contributed by atoms with E-state index >= 15 is 4.39 Å². The monoisotopic (exact) mass is 1070 g/mol. The zero-order chi connectivity index (χ0) is 55.7. The Labute approximate surface area is 434 Å². The van der Waals surface area contributed by atoms with Crippen molar-refractivity contribution in [2.45, 2.75) is 97.1 Å². The van der Waals surface area contributed by atoms with Gasteiger partial charge >= 0.3 is 17.9 Å². The lowest BCUT2D eigenvalue weighted by molar-refractivity contribution is -0.147. The van der Waals surface area contributed by atoms with Crippen LogP contribution in [0.2, 0.25) is 0 Å². The Kier molecular flexibility index (Phi) is 21.7. The van der Waals surface area contributed by atoms with Crippen molar-refractivity contribution in [3.63, 3.8) is 0 Å². The number of imide groups is 1. The number of carbonyl (C=O) groups excluding carboxylic acids is 8. The number of amides is 8. The van der Waals surface area contributed by atoms with Gasteiger partial charge in [0.2, 0.25) is 35.4 Å². The minimum atomic E-state index is -1.68. The highest BCUT2D eigenvalue weighted by atomic mass is 32.2. The molecule has 1 aromatic heterocycles. The van der Waals surface area contributed by atoms with Crippen LogP contribution in [0.4, 0.5) is 8.78 Å². The summed E-state index contributed by atoms with van der Waals surface area (Å²) in [5.74, 6) is -12.4. The van der Waals surface area contributed by atoms with Gasteiger partial charge in [-0.15, -0.1) is 0 Å². The molecule has 0 radical (unpaired) electrons. The first-order valence-electron chi connectivity index (χ1n) is 23.5. The van der Waals surface area contributed by atoms with Crippen LogP contribution in [0.25, 0.3) is 11.1 Å². The van der Waals surface area contributed by atoms with Crippen LogP contribution in [-0.4, -0.2) is 150 Å². The number of aromatic nitrogens is 1. The zero-order valence-electron chi connectivity index (χ0n) is 41.7. The zero-order valence-corrected chi connectivity index (χ0v) is 42.5. The lowest BCUT2D eigenvalue weighted by Crippen LogP contribution is -2.56. The van der Waals surface area contributed by atoms with E-state index in [2.05, 4.69) is 26.6 Å². The summed E-state index contributed by atoms with van der Waals surface area (Å²) in [5.41, 5.74) is 0.809. The molecule has 4 rings (SSSR count). The Morgan fingerprint density at radius 3 is 1.97 bits per heavy atom. The summed E-state index contributed by atoms with van der Waals surface area (Å²) in [5, 5.41) is 39.7. The van der Waals surface area contributed by atoms with Gasteiger partial charge in [-0.05, 0) is 55.5 Å². The van der Waals surface area contributed by atoms with Gasteiger partial charge < -0.3 is 51.4 Å². The quantitative estimate of drug-likeness (QED) is 0.0381. The summed E-state index contributed by atoms with van der Waals surface area (Å²) >= 11 is 1.03. The standard InChI is InChI=1S/C50H60F2N8O14S/c1-28(54-39(62)26-60-40(63)14-15-41(60)64)46(70)55-29(2)47(71)57-35(22-43(66)67)48(72)53-17-9-18-59(42(65)27-75-19-16-38(61)56-36(49(73)74)23-44(68)69)45(50(3,4)5)37-20-31(33-21-32(51)12-13-34(33)52)25-58(37)24-30-10-7-6-8-11-30/h6-8,10-15,20-21,25,28-29,35-36,45H,9,16-19,22-24,26-27H2,1-5H3,(H,53,72)(H,54,62)(H,55,70)(H,56,61)(H,57,71)(H,66,67)(H,68,69)(H,73,74)/t28-,29+,35-,36+,45-/m0/s1. The predicted octanol–water partition coefficient (Wildman–Crippen LogP) is 1.97. The molecule has 2 aromatic carbocycles. The van der Waals surface area contributed by atoms with Crippen molar-refractivity contribution in [2.75, 3.05) is 31.1 Å². The lowest BCUT2D eigenvalue weighted by atomic mass is 9.83. The number of nitrogens with zero attached hydrogens (tertiary/aromatic N) is 3. The predicted molar refractivity (Wildman–Crippen MR) is 266 cm³/mol. The molecular weight excluding hydrogens is 1010 g/mol. The van der Waals surface area contributed by atoms with E-state index in [1.54, 1.807) is 12.3 Å². The first-order chi connectivity index (χ1) is 35.2. The van der Waals surface area contributed by atoms with Gasteiger partial charge in [-0.2, -0.15) is 11.8 Å². The van der Waals surface area contributed by atoms with E-state index in [0.717, 1.165) is 47.7 Å². The van der Waals surface area contributed by atoms with E-state index in [4.69, 9.17) is 5.11 Å². The fourth-order valence-corrected chi connectivity index (χ4v) is 8.62. The van der Waals surface area contributed by atoms with Crippen LogP contribution in [-0.2, 0) is 59.3 Å². The third kappa shape index (κ3) is 18.2. The molecule has 404 valence electrons. The first-order valence-corrected chi connectivity index (χ1v) is 24.6. The van der Waals surface area contributed by atoms with E-state index in [1.165, 1.54) is 18.7 Å². The van der Waals surface area contributed by atoms with Crippen LogP contribution < -0.4 is 26.6 Å². The average Bonchev–Trinajstić information content (AvgIpc) is 3.88. The number of rotatable bonds is 28. The average molecular weight is 1070 g/mol. The Hall–Kier alpha value is -7.96. The van der Waals surface area contributed by atoms with Crippen LogP contribution in [0.3, 0.4) is 0 Å². The van der Waals surface area contributed by atoms with Crippen molar-refractivity contribution in [3.8, 4) is 11.1 Å². The van der Waals surface area contributed by atoms with Crippen molar-refractivity contribution in [2.24, 2.45) is 5.41 Å². The maximum absolute atomic E-state index is 15.4. The van der Waals surface area contributed by atoms with Crippen molar-refractivity contribution >= 4 is 76.9 Å². The number of hydrogen-bond donors (Lipinski definition) is 8. The van der Waals surface area contributed by atoms with Gasteiger partial charge in [-0.1, -0.05) is 51.1 Å². The van der Waals surface area contributed by atoms with Gasteiger partial charge in [0.05, 0.1) is 24.6 Å². The van der Waals surface area contributed by atoms with E-state index < -0.39 is 132 Å². The lowest BCUT2D eigenvalue weighted by Gasteiger charge is -2.41. The minimum absolute atomic E-state index is 0.00627. The summed E-state index contributed by atoms with van der Waals surface area (Å²) < 4.78 is 31.8. The van der Waals surface area contributed by atoms with Crippen LogP contribution in [0.5, 0.6) is 0 Å². The highest BCUT2D eigenvalue weighted by molar-refractivity contribution is 7.99. The summed E-state index contributed by atoms with van der Waals surface area (Å²) in [7, 11) is 0. The van der Waals surface area contributed by atoms with Gasteiger partial charge in [0.15, 0.2) is 0 Å². The molecule has 0 bridgehead atoms. The molecule has 25 heteroatoms. The topological polar surface area (TPSA) is 320 Å². The van der Waals surface area contributed by atoms with E-state index in [1.807, 2.05) is 55.7 Å². The van der Waals surface area contributed by atoms with Gasteiger partial charge in [0, 0.05) is 67.0 Å². The molecule has 3 aromatic rings. The molecule has 22 nitrogen and oxygen atoms in total. The van der Waals surface area contributed by atoms with Crippen LogP contribution in [0, 0.1) is 17.0 Å². The van der Waals surface area contributed by atoms with E-state index in [-0.39, 0.29) is 49.5 Å². The first kappa shape index (κ1) is 59.6. The fraction of sp³-hybridized carbons (Fsp3) is 0.420. The number of benzene rings is 2. The second-order valence-electron chi connectivity index (χ2n) is 18.5. The van der Waals surface area contributed by atoms with Crippen LogP contribution in [0.1, 0.15) is 77.6 Å². The smallest absolute Gasteiger partial charge is 0.326 e. The normalized spacial score (nSPS) is 14.2. The summed E-state index contributed by atoms with van der Waals surface area (Å²) in [6.07, 6.45) is 1.61. The second-order valence-corrected chi connectivity index (χ2v) is 19.6. The number of carboxylic acids is 3. The summed E-state index contributed by atoms with van der Waals surface area (Å²) in [6, 6.07) is 7.09. The van der Waals surface area contributed by atoms with E-state index in [9.17, 15) is 67.3 Å². The number of carbonyl (C=O) groups is 11. The molecule has 0 aliphatic carbocycles. The maximum atomic E-state index is 15.4. The maximum Gasteiger partial charge on any atom is 0.326 e. The SMILES string of the molecule is C[C@H](NC(=O)CN1C(=O)C=CC1=O)C(=O)N[C@H](C)C(=O)N[C@@H](CC(=O)O)C(=O)NCCCN(C(=O)CSCCC(=O)N[C@H](CC(=O)O)C(=O)O)[C@@H](c1cc(-c2cc(F)ccc2F)cn1Cc1ccccc1)C(C)(C)C. The summed E-state index contributed by atoms with van der Waals surface area (Å²) in [6.45, 7) is 7.38. The molecule has 0 fully saturated rings. The Morgan fingerprint density at radius 2 is 1.36 bits per heavy atom. The number of thioether (sulfide) groups is 1. The molecule has 0 saturated heterocycles. The number of nitrogens with one attached hydrogen (secondary N) is 5.